The maximum Gasteiger partial charge on any atom is 0.227 e. The van der Waals surface area contributed by atoms with Crippen LogP contribution in [0.25, 0.3) is 0 Å². The van der Waals surface area contributed by atoms with E-state index in [4.69, 9.17) is 0 Å². The van der Waals surface area contributed by atoms with Crippen LogP contribution in [-0.4, -0.2) is 24.9 Å². The molecule has 0 aromatic heterocycles. The zero-order valence-electron chi connectivity index (χ0n) is 10.9. The molecule has 1 aliphatic heterocycles. The predicted molar refractivity (Wildman–Crippen MR) is 70.2 cm³/mol. The third-order valence-electron chi connectivity index (χ3n) is 3.25. The second-order valence-corrected chi connectivity index (χ2v) is 4.71. The quantitative estimate of drug-likeness (QED) is 0.900. The SMILES string of the molecule is CCC(=O)NCC1CC(=O)N(c2ccc(F)cc2)C1. The van der Waals surface area contributed by atoms with Crippen molar-refractivity contribution < 1.29 is 14.0 Å². The Hall–Kier alpha value is -1.91. The maximum absolute atomic E-state index is 12.8. The molecule has 0 radical (unpaired) electrons. The van der Waals surface area contributed by atoms with Crippen molar-refractivity contribution in [3.63, 3.8) is 0 Å². The van der Waals surface area contributed by atoms with Crippen molar-refractivity contribution in [1.82, 2.24) is 5.32 Å². The molecular weight excluding hydrogens is 247 g/mol. The third-order valence-corrected chi connectivity index (χ3v) is 3.25. The van der Waals surface area contributed by atoms with Gasteiger partial charge in [-0.3, -0.25) is 9.59 Å². The van der Waals surface area contributed by atoms with E-state index in [1.807, 2.05) is 0 Å². The van der Waals surface area contributed by atoms with Crippen molar-refractivity contribution in [2.45, 2.75) is 19.8 Å². The van der Waals surface area contributed by atoms with Gasteiger partial charge in [0.1, 0.15) is 5.82 Å². The number of anilines is 1. The lowest BCUT2D eigenvalue weighted by molar-refractivity contribution is -0.121. The Morgan fingerprint density at radius 2 is 2.11 bits per heavy atom. The summed E-state index contributed by atoms with van der Waals surface area (Å²) in [4.78, 5) is 24.7. The standard InChI is InChI=1S/C14H17FN2O2/c1-2-13(18)16-8-10-7-14(19)17(9-10)12-5-3-11(15)4-6-12/h3-6,10H,2,7-9H2,1H3,(H,16,18). The van der Waals surface area contributed by atoms with Gasteiger partial charge >= 0.3 is 0 Å². The molecule has 1 heterocycles. The summed E-state index contributed by atoms with van der Waals surface area (Å²) >= 11 is 0. The molecule has 19 heavy (non-hydrogen) atoms. The number of halogens is 1. The fourth-order valence-corrected chi connectivity index (χ4v) is 2.17. The van der Waals surface area contributed by atoms with Gasteiger partial charge in [-0.2, -0.15) is 0 Å². The van der Waals surface area contributed by atoms with Crippen LogP contribution in [0.2, 0.25) is 0 Å². The number of benzene rings is 1. The van der Waals surface area contributed by atoms with Crippen LogP contribution in [0.5, 0.6) is 0 Å². The summed E-state index contributed by atoms with van der Waals surface area (Å²) in [6, 6.07) is 5.88. The Morgan fingerprint density at radius 1 is 1.42 bits per heavy atom. The van der Waals surface area contributed by atoms with Gasteiger partial charge in [0.25, 0.3) is 0 Å². The van der Waals surface area contributed by atoms with Gasteiger partial charge in [-0.05, 0) is 24.3 Å². The predicted octanol–water partition coefficient (Wildman–Crippen LogP) is 1.70. The summed E-state index contributed by atoms with van der Waals surface area (Å²) in [5.41, 5.74) is 0.704. The van der Waals surface area contributed by atoms with Crippen molar-refractivity contribution in [1.29, 1.82) is 0 Å². The van der Waals surface area contributed by atoms with Crippen molar-refractivity contribution >= 4 is 17.5 Å². The van der Waals surface area contributed by atoms with Crippen LogP contribution in [0.3, 0.4) is 0 Å². The second-order valence-electron chi connectivity index (χ2n) is 4.71. The van der Waals surface area contributed by atoms with Crippen LogP contribution in [0.4, 0.5) is 10.1 Å². The highest BCUT2D eigenvalue weighted by Crippen LogP contribution is 2.24. The number of amides is 2. The normalized spacial score (nSPS) is 18.7. The van der Waals surface area contributed by atoms with Crippen molar-refractivity contribution in [3.8, 4) is 0 Å². The lowest BCUT2D eigenvalue weighted by Gasteiger charge is -2.16. The highest BCUT2D eigenvalue weighted by molar-refractivity contribution is 5.95. The molecule has 0 spiro atoms. The molecule has 102 valence electrons. The van der Waals surface area contributed by atoms with Crippen LogP contribution >= 0.6 is 0 Å². The first kappa shape index (κ1) is 13.5. The number of carbonyl (C=O) groups excluding carboxylic acids is 2. The van der Waals surface area contributed by atoms with Gasteiger partial charge in [-0.25, -0.2) is 4.39 Å². The number of carbonyl (C=O) groups is 2. The number of hydrogen-bond acceptors (Lipinski definition) is 2. The maximum atomic E-state index is 12.8. The molecule has 2 rings (SSSR count). The molecule has 1 aromatic rings. The average molecular weight is 264 g/mol. The van der Waals surface area contributed by atoms with E-state index < -0.39 is 0 Å². The minimum atomic E-state index is -0.317. The molecule has 1 saturated heterocycles. The van der Waals surface area contributed by atoms with Gasteiger partial charge in [0.05, 0.1) is 0 Å². The molecule has 5 heteroatoms. The summed E-state index contributed by atoms with van der Waals surface area (Å²) in [6.07, 6.45) is 0.865. The fraction of sp³-hybridized carbons (Fsp3) is 0.429. The largest absolute Gasteiger partial charge is 0.356 e. The fourth-order valence-electron chi connectivity index (χ4n) is 2.17. The first-order chi connectivity index (χ1) is 9.10. The molecule has 4 nitrogen and oxygen atoms in total. The van der Waals surface area contributed by atoms with E-state index in [0.717, 1.165) is 0 Å². The topological polar surface area (TPSA) is 49.4 Å². The minimum absolute atomic E-state index is 0.00678. The van der Waals surface area contributed by atoms with Crippen LogP contribution in [-0.2, 0) is 9.59 Å². The highest BCUT2D eigenvalue weighted by atomic mass is 19.1. The molecule has 1 aromatic carbocycles. The molecular formula is C14H17FN2O2. The van der Waals surface area contributed by atoms with E-state index in [2.05, 4.69) is 5.32 Å². The first-order valence-electron chi connectivity index (χ1n) is 6.42. The molecule has 0 aliphatic carbocycles. The van der Waals surface area contributed by atoms with Gasteiger partial charge in [0.2, 0.25) is 11.8 Å². The summed E-state index contributed by atoms with van der Waals surface area (Å²) < 4.78 is 12.8. The van der Waals surface area contributed by atoms with Gasteiger partial charge < -0.3 is 10.2 Å². The molecule has 1 aliphatic rings. The van der Waals surface area contributed by atoms with Gasteiger partial charge in [0.15, 0.2) is 0 Å². The van der Waals surface area contributed by atoms with Gasteiger partial charge in [0, 0.05) is 37.5 Å². The monoisotopic (exact) mass is 264 g/mol. The average Bonchev–Trinajstić information content (AvgIpc) is 2.78. The third kappa shape index (κ3) is 3.30. The van der Waals surface area contributed by atoms with E-state index in [1.54, 1.807) is 24.0 Å². The van der Waals surface area contributed by atoms with E-state index in [1.165, 1.54) is 12.1 Å². The van der Waals surface area contributed by atoms with E-state index in [-0.39, 0.29) is 23.5 Å². The minimum Gasteiger partial charge on any atom is -0.356 e. The van der Waals surface area contributed by atoms with Crippen LogP contribution in [0.15, 0.2) is 24.3 Å². The number of nitrogens with zero attached hydrogens (tertiary/aromatic N) is 1. The van der Waals surface area contributed by atoms with Crippen molar-refractivity contribution in [2.24, 2.45) is 5.92 Å². The molecule has 1 N–H and O–H groups in total. The Bertz CT molecular complexity index is 473. The zero-order chi connectivity index (χ0) is 13.8. The smallest absolute Gasteiger partial charge is 0.227 e. The summed E-state index contributed by atoms with van der Waals surface area (Å²) in [7, 11) is 0. The Morgan fingerprint density at radius 3 is 2.74 bits per heavy atom. The van der Waals surface area contributed by atoms with Gasteiger partial charge in [-0.1, -0.05) is 6.92 Å². The second kappa shape index (κ2) is 5.82. The highest BCUT2D eigenvalue weighted by Gasteiger charge is 2.30. The lowest BCUT2D eigenvalue weighted by Crippen LogP contribution is -2.30. The number of hydrogen-bond donors (Lipinski definition) is 1. The summed E-state index contributed by atoms with van der Waals surface area (Å²) in [5, 5.41) is 2.80. The van der Waals surface area contributed by atoms with Crippen LogP contribution in [0.1, 0.15) is 19.8 Å². The van der Waals surface area contributed by atoms with E-state index in [0.29, 0.717) is 31.6 Å². The Kier molecular flexibility index (Phi) is 4.14. The van der Waals surface area contributed by atoms with Crippen LogP contribution < -0.4 is 10.2 Å². The molecule has 2 amide bonds. The summed E-state index contributed by atoms with van der Waals surface area (Å²) in [5.74, 6) is -0.190. The van der Waals surface area contributed by atoms with E-state index in [9.17, 15) is 14.0 Å². The van der Waals surface area contributed by atoms with E-state index >= 15 is 0 Å². The lowest BCUT2D eigenvalue weighted by atomic mass is 10.1. The first-order valence-corrected chi connectivity index (χ1v) is 6.42. The van der Waals surface area contributed by atoms with Crippen molar-refractivity contribution in [3.05, 3.63) is 30.1 Å². The molecule has 1 fully saturated rings. The molecule has 1 atom stereocenters. The zero-order valence-corrected chi connectivity index (χ0v) is 10.9. The number of nitrogens with one attached hydrogen (secondary N) is 1. The Balaban J connectivity index is 1.96. The van der Waals surface area contributed by atoms with Gasteiger partial charge in [-0.15, -0.1) is 0 Å². The van der Waals surface area contributed by atoms with Crippen LogP contribution in [0, 0.1) is 11.7 Å². The summed E-state index contributed by atoms with van der Waals surface area (Å²) in [6.45, 7) is 2.87. The molecule has 0 bridgehead atoms. The van der Waals surface area contributed by atoms with Crippen molar-refractivity contribution in [2.75, 3.05) is 18.0 Å². The number of rotatable bonds is 4. The molecule has 0 saturated carbocycles. The Labute approximate surface area is 111 Å². The molecule has 1 unspecified atom stereocenters.